The molecule has 9 heteroatoms. The van der Waals surface area contributed by atoms with E-state index in [1.54, 1.807) is 13.8 Å². The fourth-order valence-corrected chi connectivity index (χ4v) is 1.56. The summed E-state index contributed by atoms with van der Waals surface area (Å²) in [6, 6.07) is -1.45. The number of carbonyl (C=O) groups excluding carboxylic acids is 3. The Morgan fingerprint density at radius 2 is 1.70 bits per heavy atom. The number of hydrogen-bond donors (Lipinski definition) is 5. The Bertz CT molecular complexity index is 396. The fourth-order valence-electron chi connectivity index (χ4n) is 1.56. The maximum atomic E-state index is 11.9. The smallest absolute Gasteiger partial charge is 0.326 e. The Labute approximate surface area is 115 Å². The van der Waals surface area contributed by atoms with Gasteiger partial charge in [-0.2, -0.15) is 0 Å². The molecule has 0 radical (unpaired) electrons. The summed E-state index contributed by atoms with van der Waals surface area (Å²) in [5.74, 6) is -4.83. The first-order chi connectivity index (χ1) is 9.18. The van der Waals surface area contributed by atoms with Crippen molar-refractivity contribution in [3.05, 3.63) is 0 Å². The monoisotopic (exact) mass is 289 g/mol. The second-order valence-corrected chi connectivity index (χ2v) is 4.66. The Balaban J connectivity index is 4.84. The predicted octanol–water partition coefficient (Wildman–Crippen LogP) is -1.40. The zero-order valence-electron chi connectivity index (χ0n) is 11.3. The maximum Gasteiger partial charge on any atom is 0.326 e. The fraction of sp³-hybridized carbons (Fsp3) is 0.636. The van der Waals surface area contributed by atoms with Crippen molar-refractivity contribution in [1.82, 2.24) is 10.8 Å². The highest BCUT2D eigenvalue weighted by atomic mass is 16.5. The van der Waals surface area contributed by atoms with Gasteiger partial charge < -0.3 is 16.2 Å². The van der Waals surface area contributed by atoms with E-state index in [4.69, 9.17) is 16.0 Å². The Morgan fingerprint density at radius 3 is 2.05 bits per heavy atom. The maximum absolute atomic E-state index is 11.9. The van der Waals surface area contributed by atoms with Gasteiger partial charge in [-0.3, -0.25) is 19.6 Å². The SMILES string of the molecule is CC(C)C(CC(=O)NO)C(=O)N[C@@H](CC(N)=O)C(=O)O. The molecule has 0 rings (SSSR count). The van der Waals surface area contributed by atoms with Gasteiger partial charge in [-0.25, -0.2) is 10.3 Å². The number of aliphatic carboxylic acids is 1. The van der Waals surface area contributed by atoms with Crippen molar-refractivity contribution in [3.8, 4) is 0 Å². The minimum Gasteiger partial charge on any atom is -0.480 e. The summed E-state index contributed by atoms with van der Waals surface area (Å²) in [4.78, 5) is 44.7. The molecule has 0 saturated carbocycles. The molecule has 0 aromatic carbocycles. The first kappa shape index (κ1) is 17.8. The summed E-state index contributed by atoms with van der Waals surface area (Å²) in [5, 5.41) is 19.5. The number of nitrogens with two attached hydrogens (primary N) is 1. The largest absolute Gasteiger partial charge is 0.480 e. The molecule has 114 valence electrons. The lowest BCUT2D eigenvalue weighted by Crippen LogP contribution is -2.47. The average Bonchev–Trinajstić information content (AvgIpc) is 2.33. The molecule has 0 heterocycles. The summed E-state index contributed by atoms with van der Waals surface area (Å²) >= 11 is 0. The summed E-state index contributed by atoms with van der Waals surface area (Å²) in [6.45, 7) is 3.33. The molecule has 0 spiro atoms. The number of rotatable bonds is 8. The molecule has 0 aliphatic carbocycles. The van der Waals surface area contributed by atoms with Gasteiger partial charge >= 0.3 is 5.97 Å². The zero-order chi connectivity index (χ0) is 15.9. The van der Waals surface area contributed by atoms with Crippen LogP contribution in [0.15, 0.2) is 0 Å². The molecule has 0 saturated heterocycles. The van der Waals surface area contributed by atoms with Gasteiger partial charge in [0.2, 0.25) is 17.7 Å². The molecule has 0 aromatic rings. The number of carbonyl (C=O) groups is 4. The van der Waals surface area contributed by atoms with E-state index in [9.17, 15) is 19.2 Å². The number of carboxylic acids is 1. The number of primary amides is 1. The van der Waals surface area contributed by atoms with Gasteiger partial charge in [-0.05, 0) is 5.92 Å². The summed E-state index contributed by atoms with van der Waals surface area (Å²) in [5.41, 5.74) is 6.30. The lowest BCUT2D eigenvalue weighted by atomic mass is 9.91. The lowest BCUT2D eigenvalue weighted by Gasteiger charge is -2.21. The van der Waals surface area contributed by atoms with Gasteiger partial charge in [0.15, 0.2) is 0 Å². The van der Waals surface area contributed by atoms with E-state index in [1.165, 1.54) is 5.48 Å². The molecule has 0 aromatic heterocycles. The van der Waals surface area contributed by atoms with Crippen LogP contribution >= 0.6 is 0 Å². The highest BCUT2D eigenvalue weighted by Crippen LogP contribution is 2.16. The van der Waals surface area contributed by atoms with Crippen molar-refractivity contribution in [2.45, 2.75) is 32.7 Å². The molecule has 2 atom stereocenters. The highest BCUT2D eigenvalue weighted by Gasteiger charge is 2.29. The van der Waals surface area contributed by atoms with Gasteiger partial charge in [0, 0.05) is 12.3 Å². The van der Waals surface area contributed by atoms with Gasteiger partial charge in [0.25, 0.3) is 0 Å². The second kappa shape index (κ2) is 8.10. The van der Waals surface area contributed by atoms with E-state index >= 15 is 0 Å². The first-order valence-corrected chi connectivity index (χ1v) is 5.93. The summed E-state index contributed by atoms with van der Waals surface area (Å²) in [6.07, 6.45) is -0.846. The molecule has 0 aliphatic rings. The van der Waals surface area contributed by atoms with Gasteiger partial charge in [-0.1, -0.05) is 13.8 Å². The van der Waals surface area contributed by atoms with Crippen molar-refractivity contribution in [1.29, 1.82) is 0 Å². The minimum absolute atomic E-state index is 0.268. The Kier molecular flexibility index (Phi) is 7.22. The van der Waals surface area contributed by atoms with Crippen LogP contribution in [-0.2, 0) is 19.2 Å². The number of hydrogen-bond acceptors (Lipinski definition) is 5. The van der Waals surface area contributed by atoms with Crippen LogP contribution in [0.5, 0.6) is 0 Å². The third-order valence-electron chi connectivity index (χ3n) is 2.69. The quantitative estimate of drug-likeness (QED) is 0.273. The van der Waals surface area contributed by atoms with Crippen molar-refractivity contribution < 1.29 is 29.5 Å². The molecular weight excluding hydrogens is 270 g/mol. The van der Waals surface area contributed by atoms with Crippen LogP contribution in [0, 0.1) is 11.8 Å². The summed E-state index contributed by atoms with van der Waals surface area (Å²) in [7, 11) is 0. The van der Waals surface area contributed by atoms with E-state index in [0.717, 1.165) is 0 Å². The van der Waals surface area contributed by atoms with Crippen LogP contribution < -0.4 is 16.5 Å². The van der Waals surface area contributed by atoms with E-state index in [1.807, 2.05) is 0 Å². The van der Waals surface area contributed by atoms with E-state index in [0.29, 0.717) is 0 Å². The molecule has 3 amide bonds. The van der Waals surface area contributed by atoms with E-state index in [2.05, 4.69) is 5.32 Å². The lowest BCUT2D eigenvalue weighted by molar-refractivity contribution is -0.144. The standard InChI is InChI=1S/C11H19N3O6/c1-5(2)6(3-9(16)14-20)10(17)13-7(11(18)19)4-8(12)15/h5-7,20H,3-4H2,1-2H3,(H2,12,15)(H,13,17)(H,14,16)(H,18,19)/t6?,7-/m0/s1. The van der Waals surface area contributed by atoms with Crippen LogP contribution in [0.1, 0.15) is 26.7 Å². The van der Waals surface area contributed by atoms with Gasteiger partial charge in [0.1, 0.15) is 6.04 Å². The number of amides is 3. The first-order valence-electron chi connectivity index (χ1n) is 5.93. The van der Waals surface area contributed by atoms with Gasteiger partial charge in [-0.15, -0.1) is 0 Å². The van der Waals surface area contributed by atoms with Crippen molar-refractivity contribution >= 4 is 23.7 Å². The van der Waals surface area contributed by atoms with Crippen molar-refractivity contribution in [2.24, 2.45) is 17.6 Å². The molecular formula is C11H19N3O6. The van der Waals surface area contributed by atoms with Gasteiger partial charge in [0.05, 0.1) is 6.42 Å². The molecule has 0 bridgehead atoms. The molecule has 6 N–H and O–H groups in total. The van der Waals surface area contributed by atoms with Crippen LogP contribution in [-0.4, -0.2) is 40.0 Å². The third kappa shape index (κ3) is 6.14. The highest BCUT2D eigenvalue weighted by molar-refractivity contribution is 5.90. The third-order valence-corrected chi connectivity index (χ3v) is 2.69. The zero-order valence-corrected chi connectivity index (χ0v) is 11.3. The summed E-state index contributed by atoms with van der Waals surface area (Å²) < 4.78 is 0. The molecule has 1 unspecified atom stereocenters. The molecule has 9 nitrogen and oxygen atoms in total. The Morgan fingerprint density at radius 1 is 1.15 bits per heavy atom. The average molecular weight is 289 g/mol. The minimum atomic E-state index is -1.45. The molecule has 0 aliphatic heterocycles. The predicted molar refractivity (Wildman–Crippen MR) is 66.3 cm³/mol. The number of nitrogens with one attached hydrogen (secondary N) is 2. The number of hydroxylamine groups is 1. The second-order valence-electron chi connectivity index (χ2n) is 4.66. The van der Waals surface area contributed by atoms with Crippen molar-refractivity contribution in [2.75, 3.05) is 0 Å². The van der Waals surface area contributed by atoms with Crippen LogP contribution in [0.3, 0.4) is 0 Å². The molecule has 0 fully saturated rings. The number of carboxylic acid groups (broad SMARTS) is 1. The van der Waals surface area contributed by atoms with Crippen LogP contribution in [0.2, 0.25) is 0 Å². The normalized spacial score (nSPS) is 13.4. The van der Waals surface area contributed by atoms with E-state index < -0.39 is 42.1 Å². The topological polar surface area (TPSA) is 159 Å². The Hall–Kier alpha value is -2.16. The van der Waals surface area contributed by atoms with E-state index in [-0.39, 0.29) is 12.3 Å². The van der Waals surface area contributed by atoms with Crippen LogP contribution in [0.4, 0.5) is 0 Å². The van der Waals surface area contributed by atoms with Crippen LogP contribution in [0.25, 0.3) is 0 Å². The molecule has 20 heavy (non-hydrogen) atoms. The van der Waals surface area contributed by atoms with Crippen molar-refractivity contribution in [3.63, 3.8) is 0 Å².